The smallest absolute Gasteiger partial charge is 0.245 e. The number of likely N-dealkylation sites (tertiary alicyclic amines) is 1. The van der Waals surface area contributed by atoms with Crippen molar-refractivity contribution in [3.63, 3.8) is 0 Å². The van der Waals surface area contributed by atoms with Gasteiger partial charge in [-0.2, -0.15) is 0 Å². The summed E-state index contributed by atoms with van der Waals surface area (Å²) >= 11 is 0. The van der Waals surface area contributed by atoms with Gasteiger partial charge in [0.15, 0.2) is 0 Å². The fourth-order valence-corrected chi connectivity index (χ4v) is 5.09. The second kappa shape index (κ2) is 10.8. The van der Waals surface area contributed by atoms with E-state index in [9.17, 15) is 9.59 Å². The van der Waals surface area contributed by atoms with Crippen LogP contribution in [0.2, 0.25) is 0 Å². The van der Waals surface area contributed by atoms with Crippen molar-refractivity contribution in [2.24, 2.45) is 24.8 Å². The van der Waals surface area contributed by atoms with Crippen molar-refractivity contribution in [2.45, 2.75) is 78.8 Å². The maximum absolute atomic E-state index is 13.6. The zero-order valence-corrected chi connectivity index (χ0v) is 20.9. The molecule has 7 nitrogen and oxygen atoms in total. The number of carbonyl (C=O) groups is 2. The van der Waals surface area contributed by atoms with Crippen molar-refractivity contribution >= 4 is 11.8 Å². The summed E-state index contributed by atoms with van der Waals surface area (Å²) in [6.07, 6.45) is 6.44. The van der Waals surface area contributed by atoms with Gasteiger partial charge in [0, 0.05) is 51.5 Å². The summed E-state index contributed by atoms with van der Waals surface area (Å²) in [5.41, 5.74) is 1.18. The lowest BCUT2D eigenvalue weighted by molar-refractivity contribution is -0.150. The molecule has 0 spiro atoms. The van der Waals surface area contributed by atoms with Crippen molar-refractivity contribution in [2.75, 3.05) is 26.2 Å². The van der Waals surface area contributed by atoms with Crippen LogP contribution in [-0.2, 0) is 23.1 Å². The minimum atomic E-state index is -0.340. The van der Waals surface area contributed by atoms with Crippen LogP contribution in [0, 0.1) is 24.7 Å². The molecular weight excluding hydrogens is 402 g/mol. The molecule has 180 valence electrons. The van der Waals surface area contributed by atoms with Gasteiger partial charge in [0.25, 0.3) is 0 Å². The van der Waals surface area contributed by atoms with Gasteiger partial charge in [0.1, 0.15) is 11.9 Å². The van der Waals surface area contributed by atoms with Gasteiger partial charge in [-0.25, -0.2) is 4.98 Å². The van der Waals surface area contributed by atoms with Crippen LogP contribution >= 0.6 is 0 Å². The molecule has 1 aromatic rings. The number of carbonyl (C=O) groups excluding carboxylic acids is 2. The summed E-state index contributed by atoms with van der Waals surface area (Å²) in [4.78, 5) is 35.3. The third-order valence-corrected chi connectivity index (χ3v) is 7.10. The van der Waals surface area contributed by atoms with E-state index in [1.54, 1.807) is 0 Å². The molecule has 1 aromatic heterocycles. The van der Waals surface area contributed by atoms with Crippen LogP contribution in [0.15, 0.2) is 6.20 Å². The summed E-state index contributed by atoms with van der Waals surface area (Å²) in [5, 5.41) is 3.37. The van der Waals surface area contributed by atoms with E-state index < -0.39 is 0 Å². The standard InChI is InChI=1S/C25H43N5O2/c1-17(2)13-21-24(31)30(12-9-26-21)22(14-18(3)4)25(32)29-10-7-20(8-11-29)15-23-27-16-19(5)28(23)6/h16-18,20-22,26H,7-15H2,1-6H3/t21-,22?/m0/s1. The molecule has 1 unspecified atom stereocenters. The number of piperazine rings is 1. The molecule has 3 rings (SSSR count). The highest BCUT2D eigenvalue weighted by Gasteiger charge is 2.39. The lowest BCUT2D eigenvalue weighted by Gasteiger charge is -2.42. The van der Waals surface area contributed by atoms with E-state index in [2.05, 4.69) is 56.5 Å². The number of amides is 2. The molecule has 32 heavy (non-hydrogen) atoms. The van der Waals surface area contributed by atoms with E-state index in [0.29, 0.717) is 24.3 Å². The van der Waals surface area contributed by atoms with E-state index in [1.807, 2.05) is 16.0 Å². The molecule has 2 fully saturated rings. The van der Waals surface area contributed by atoms with Gasteiger partial charge >= 0.3 is 0 Å². The van der Waals surface area contributed by atoms with Crippen LogP contribution in [0.3, 0.4) is 0 Å². The largest absolute Gasteiger partial charge is 0.341 e. The number of imidazole rings is 1. The molecule has 2 aliphatic rings. The van der Waals surface area contributed by atoms with Gasteiger partial charge in [-0.3, -0.25) is 9.59 Å². The third kappa shape index (κ3) is 5.91. The molecule has 0 saturated carbocycles. The number of nitrogens with one attached hydrogen (secondary N) is 1. The van der Waals surface area contributed by atoms with E-state index in [0.717, 1.165) is 57.6 Å². The zero-order chi connectivity index (χ0) is 23.4. The van der Waals surface area contributed by atoms with Crippen molar-refractivity contribution in [3.8, 4) is 0 Å². The predicted octanol–water partition coefficient (Wildman–Crippen LogP) is 2.77. The fourth-order valence-electron chi connectivity index (χ4n) is 5.09. The highest BCUT2D eigenvalue weighted by atomic mass is 16.2. The first-order chi connectivity index (χ1) is 15.2. The number of hydrogen-bond acceptors (Lipinski definition) is 4. The average molecular weight is 446 g/mol. The van der Waals surface area contributed by atoms with Crippen molar-refractivity contribution in [1.82, 2.24) is 24.7 Å². The van der Waals surface area contributed by atoms with E-state index in [1.165, 1.54) is 5.69 Å². The Morgan fingerprint density at radius 2 is 1.84 bits per heavy atom. The Labute approximate surface area is 193 Å². The van der Waals surface area contributed by atoms with Crippen LogP contribution in [0.4, 0.5) is 0 Å². The molecular formula is C25H43N5O2. The monoisotopic (exact) mass is 445 g/mol. The second-order valence-electron chi connectivity index (χ2n) is 10.7. The first-order valence-corrected chi connectivity index (χ1v) is 12.5. The topological polar surface area (TPSA) is 70.5 Å². The van der Waals surface area contributed by atoms with Crippen LogP contribution in [0.5, 0.6) is 0 Å². The molecule has 0 aromatic carbocycles. The lowest BCUT2D eigenvalue weighted by Crippen LogP contribution is -2.62. The molecule has 0 bridgehead atoms. The van der Waals surface area contributed by atoms with Gasteiger partial charge in [-0.05, 0) is 50.4 Å². The van der Waals surface area contributed by atoms with Gasteiger partial charge in [-0.1, -0.05) is 27.7 Å². The van der Waals surface area contributed by atoms with Crippen molar-refractivity contribution in [3.05, 3.63) is 17.7 Å². The Morgan fingerprint density at radius 3 is 2.41 bits per heavy atom. The quantitative estimate of drug-likeness (QED) is 0.668. The van der Waals surface area contributed by atoms with Crippen molar-refractivity contribution in [1.29, 1.82) is 0 Å². The van der Waals surface area contributed by atoms with Gasteiger partial charge in [0.05, 0.1) is 6.04 Å². The Balaban J connectivity index is 1.63. The Hall–Kier alpha value is -1.89. The zero-order valence-electron chi connectivity index (χ0n) is 20.9. The normalized spacial score (nSPS) is 21.6. The number of piperidine rings is 1. The maximum atomic E-state index is 13.6. The van der Waals surface area contributed by atoms with Crippen LogP contribution in [0.1, 0.15) is 64.9 Å². The Morgan fingerprint density at radius 1 is 1.16 bits per heavy atom. The van der Waals surface area contributed by atoms with Gasteiger partial charge in [0.2, 0.25) is 11.8 Å². The molecule has 2 atom stereocenters. The van der Waals surface area contributed by atoms with Crippen molar-refractivity contribution < 1.29 is 9.59 Å². The molecule has 2 aliphatic heterocycles. The fraction of sp³-hybridized carbons (Fsp3) is 0.800. The van der Waals surface area contributed by atoms with Crippen LogP contribution in [-0.4, -0.2) is 69.4 Å². The number of hydrogen-bond donors (Lipinski definition) is 1. The minimum absolute atomic E-state index is 0.101. The molecule has 7 heteroatoms. The summed E-state index contributed by atoms with van der Waals surface area (Å²) < 4.78 is 2.17. The molecule has 0 radical (unpaired) electrons. The first kappa shape index (κ1) is 24.7. The summed E-state index contributed by atoms with van der Waals surface area (Å²) in [6.45, 7) is 13.6. The van der Waals surface area contributed by atoms with Crippen LogP contribution in [0.25, 0.3) is 0 Å². The number of aryl methyl sites for hydroxylation is 1. The molecule has 2 amide bonds. The van der Waals surface area contributed by atoms with Crippen LogP contribution < -0.4 is 5.32 Å². The van der Waals surface area contributed by atoms with E-state index >= 15 is 0 Å². The second-order valence-corrected chi connectivity index (χ2v) is 10.7. The SMILES string of the molecule is Cc1cnc(CC2CCN(C(=O)C(CC(C)C)N3CCN[C@@H](CC(C)C)C3=O)CC2)n1C. The van der Waals surface area contributed by atoms with E-state index in [4.69, 9.17) is 0 Å². The Kier molecular flexibility index (Phi) is 8.37. The first-order valence-electron chi connectivity index (χ1n) is 12.5. The highest BCUT2D eigenvalue weighted by Crippen LogP contribution is 2.25. The number of nitrogens with zero attached hydrogens (tertiary/aromatic N) is 4. The lowest BCUT2D eigenvalue weighted by atomic mass is 9.91. The van der Waals surface area contributed by atoms with E-state index in [-0.39, 0.29) is 23.9 Å². The summed E-state index contributed by atoms with van der Waals surface area (Å²) in [6, 6.07) is -0.508. The maximum Gasteiger partial charge on any atom is 0.245 e. The summed E-state index contributed by atoms with van der Waals surface area (Å²) in [5.74, 6) is 2.73. The number of rotatable bonds is 8. The minimum Gasteiger partial charge on any atom is -0.341 e. The molecule has 1 N–H and O–H groups in total. The third-order valence-electron chi connectivity index (χ3n) is 7.10. The summed E-state index contributed by atoms with van der Waals surface area (Å²) in [7, 11) is 2.07. The highest BCUT2D eigenvalue weighted by molar-refractivity contribution is 5.90. The Bertz CT molecular complexity index is 779. The number of aromatic nitrogens is 2. The van der Waals surface area contributed by atoms with Gasteiger partial charge in [-0.15, -0.1) is 0 Å². The van der Waals surface area contributed by atoms with Gasteiger partial charge < -0.3 is 19.7 Å². The molecule has 2 saturated heterocycles. The average Bonchev–Trinajstić information content (AvgIpc) is 3.05. The molecule has 0 aliphatic carbocycles. The predicted molar refractivity (Wildman–Crippen MR) is 127 cm³/mol. The molecule has 3 heterocycles.